The minimum atomic E-state index is -6.53. The van der Waals surface area contributed by atoms with Gasteiger partial charge >= 0.3 is 23.4 Å². The quantitative estimate of drug-likeness (QED) is 0.380. The van der Waals surface area contributed by atoms with Crippen molar-refractivity contribution in [1.82, 2.24) is 0 Å². The van der Waals surface area contributed by atoms with Crippen molar-refractivity contribution in [2.24, 2.45) is 0 Å². The molecule has 15 heteroatoms. The van der Waals surface area contributed by atoms with Crippen molar-refractivity contribution < 1.29 is 48.7 Å². The van der Waals surface area contributed by atoms with Gasteiger partial charge < -0.3 is 4.74 Å². The summed E-state index contributed by atoms with van der Waals surface area (Å²) >= 11 is -1.14. The van der Waals surface area contributed by atoms with Gasteiger partial charge in [-0.1, -0.05) is 12.1 Å². The first kappa shape index (κ1) is 25.6. The van der Waals surface area contributed by atoms with E-state index < -0.39 is 60.7 Å². The lowest BCUT2D eigenvalue weighted by atomic mass is 10.3. The summed E-state index contributed by atoms with van der Waals surface area (Å²) in [4.78, 5) is 9.85. The zero-order valence-corrected chi connectivity index (χ0v) is 17.3. The van der Waals surface area contributed by atoms with E-state index in [1.165, 1.54) is 12.1 Å². The van der Waals surface area contributed by atoms with Crippen molar-refractivity contribution in [3.8, 4) is 0 Å². The van der Waals surface area contributed by atoms with Crippen LogP contribution in [0.1, 0.15) is 0 Å². The molecule has 2 rings (SSSR count). The monoisotopic (exact) mass is 506 g/mol. The summed E-state index contributed by atoms with van der Waals surface area (Å²) < 4.78 is 122. The van der Waals surface area contributed by atoms with Crippen molar-refractivity contribution >= 4 is 39.3 Å². The number of methoxy groups -OCH3 is 1. The molecule has 0 radical (unpaired) electrons. The van der Waals surface area contributed by atoms with E-state index in [2.05, 4.69) is 10.1 Å². The molecule has 0 aliphatic carbocycles. The molecule has 0 spiro atoms. The molecule has 32 heavy (non-hydrogen) atoms. The molecule has 0 aliphatic heterocycles. The molecule has 0 saturated heterocycles. The van der Waals surface area contributed by atoms with Crippen molar-refractivity contribution in [1.29, 1.82) is 0 Å². The summed E-state index contributed by atoms with van der Waals surface area (Å²) in [6, 6.07) is 8.27. The summed E-state index contributed by atoms with van der Waals surface area (Å²) in [6.45, 7) is 0. The number of hydrogen-bond donors (Lipinski definition) is 2. The van der Waals surface area contributed by atoms with Crippen LogP contribution in [0.5, 0.6) is 0 Å². The Kier molecular flexibility index (Phi) is 7.24. The predicted octanol–water partition coefficient (Wildman–Crippen LogP) is 5.55. The number of carbonyl (C=O) groups is 1. The number of anilines is 2. The van der Waals surface area contributed by atoms with E-state index in [9.17, 15) is 43.9 Å². The number of sulfonamides is 1. The largest absolute Gasteiger partial charge is 0.460 e. The summed E-state index contributed by atoms with van der Waals surface area (Å²) in [7, 11) is -3.37. The summed E-state index contributed by atoms with van der Waals surface area (Å²) in [5.41, 5.74) is -0.493. The van der Waals surface area contributed by atoms with Gasteiger partial charge in [0.15, 0.2) is 0 Å². The maximum atomic E-state index is 13.8. The van der Waals surface area contributed by atoms with Crippen LogP contribution >= 0.6 is 11.8 Å². The standard InChI is InChI=1S/C17H13F7N2O4S2/c1-30-14(27)25-10-6-8-11(9-7-10)32(28,29)26-12-4-2-3-5-13(12)31-17(23,24)15(18,19)16(20,21)22/h2-9,26H,1H3,(H,25,27). The lowest BCUT2D eigenvalue weighted by molar-refractivity contribution is -0.330. The van der Waals surface area contributed by atoms with Gasteiger partial charge in [-0.15, -0.1) is 0 Å². The van der Waals surface area contributed by atoms with E-state index in [4.69, 9.17) is 0 Å². The average Bonchev–Trinajstić information content (AvgIpc) is 2.68. The topological polar surface area (TPSA) is 84.5 Å². The van der Waals surface area contributed by atoms with Crippen LogP contribution in [0.2, 0.25) is 0 Å². The number of hydrogen-bond acceptors (Lipinski definition) is 5. The highest BCUT2D eigenvalue weighted by Crippen LogP contribution is 2.54. The number of amides is 1. The zero-order valence-electron chi connectivity index (χ0n) is 15.7. The Labute approximate surface area is 181 Å². The third-order valence-corrected chi connectivity index (χ3v) is 6.16. The predicted molar refractivity (Wildman–Crippen MR) is 102 cm³/mol. The normalized spacial score (nSPS) is 12.9. The van der Waals surface area contributed by atoms with Crippen LogP contribution in [0.15, 0.2) is 58.3 Å². The second-order valence-corrected chi connectivity index (χ2v) is 8.77. The Hall–Kier alpha value is -2.68. The Bertz CT molecular complexity index is 1080. The molecule has 0 fully saturated rings. The summed E-state index contributed by atoms with van der Waals surface area (Å²) in [5, 5.41) is -3.38. The smallest absolute Gasteiger partial charge is 0.453 e. The fraction of sp³-hybridized carbons (Fsp3) is 0.235. The van der Waals surface area contributed by atoms with Crippen LogP contribution in [0.4, 0.5) is 46.9 Å². The number of ether oxygens (including phenoxy) is 1. The molecular weight excluding hydrogens is 493 g/mol. The molecule has 0 unspecified atom stereocenters. The van der Waals surface area contributed by atoms with E-state index >= 15 is 0 Å². The number of para-hydroxylation sites is 1. The van der Waals surface area contributed by atoms with Gasteiger partial charge in [-0.2, -0.15) is 30.7 Å². The number of rotatable bonds is 7. The van der Waals surface area contributed by atoms with Gasteiger partial charge in [0, 0.05) is 10.6 Å². The highest BCUT2D eigenvalue weighted by atomic mass is 32.2. The van der Waals surface area contributed by atoms with Crippen LogP contribution in [-0.2, 0) is 14.8 Å². The molecule has 1 amide bonds. The second kappa shape index (κ2) is 9.05. The molecule has 0 heterocycles. The number of nitrogens with one attached hydrogen (secondary N) is 2. The minimum absolute atomic E-state index is 0.153. The first-order valence-corrected chi connectivity index (χ1v) is 10.5. The van der Waals surface area contributed by atoms with Gasteiger partial charge in [0.25, 0.3) is 10.0 Å². The van der Waals surface area contributed by atoms with Crippen molar-refractivity contribution in [3.63, 3.8) is 0 Å². The number of alkyl halides is 7. The molecule has 2 N–H and O–H groups in total. The number of carbonyl (C=O) groups excluding carboxylic acids is 1. The molecule has 0 saturated carbocycles. The second-order valence-electron chi connectivity index (χ2n) is 5.93. The van der Waals surface area contributed by atoms with Gasteiger partial charge in [0.05, 0.1) is 17.7 Å². The third-order valence-electron chi connectivity index (χ3n) is 3.69. The molecule has 0 bridgehead atoms. The minimum Gasteiger partial charge on any atom is -0.453 e. The average molecular weight is 506 g/mol. The van der Waals surface area contributed by atoms with Crippen molar-refractivity contribution in [2.45, 2.75) is 27.1 Å². The fourth-order valence-electron chi connectivity index (χ4n) is 2.10. The molecule has 0 atom stereocenters. The van der Waals surface area contributed by atoms with E-state index in [1.807, 2.05) is 4.72 Å². The Balaban J connectivity index is 2.30. The Morgan fingerprint density at radius 2 is 1.50 bits per heavy atom. The van der Waals surface area contributed by atoms with Gasteiger partial charge in [-0.05, 0) is 48.2 Å². The first-order chi connectivity index (χ1) is 14.6. The first-order valence-electron chi connectivity index (χ1n) is 8.19. The molecular formula is C17H13F7N2O4S2. The van der Waals surface area contributed by atoms with Crippen LogP contribution in [0.25, 0.3) is 0 Å². The van der Waals surface area contributed by atoms with Crippen LogP contribution < -0.4 is 10.0 Å². The van der Waals surface area contributed by atoms with Crippen molar-refractivity contribution in [2.75, 3.05) is 17.1 Å². The van der Waals surface area contributed by atoms with E-state index in [0.29, 0.717) is 0 Å². The lowest BCUT2D eigenvalue weighted by Gasteiger charge is -2.28. The number of benzene rings is 2. The SMILES string of the molecule is COC(=O)Nc1ccc(S(=O)(=O)Nc2ccccc2SC(F)(F)C(F)(F)C(F)(F)F)cc1. The summed E-state index contributed by atoms with van der Waals surface area (Å²) in [5.74, 6) is -6.38. The van der Waals surface area contributed by atoms with Crippen LogP contribution in [-0.4, -0.2) is 39.0 Å². The number of halogens is 7. The molecule has 6 nitrogen and oxygen atoms in total. The van der Waals surface area contributed by atoms with Crippen LogP contribution in [0, 0.1) is 0 Å². The Morgan fingerprint density at radius 3 is 2.03 bits per heavy atom. The summed E-state index contributed by atoms with van der Waals surface area (Å²) in [6.07, 6.45) is -7.36. The fourth-order valence-corrected chi connectivity index (χ4v) is 4.14. The van der Waals surface area contributed by atoms with Gasteiger partial charge in [-0.25, -0.2) is 13.2 Å². The number of thioether (sulfide) groups is 1. The van der Waals surface area contributed by atoms with Gasteiger partial charge in [-0.3, -0.25) is 10.0 Å². The molecule has 2 aromatic carbocycles. The molecule has 0 aliphatic rings. The Morgan fingerprint density at radius 1 is 0.938 bits per heavy atom. The maximum absolute atomic E-state index is 13.8. The van der Waals surface area contributed by atoms with E-state index in [1.54, 1.807) is 0 Å². The molecule has 0 aromatic heterocycles. The van der Waals surface area contributed by atoms with E-state index in [-0.39, 0.29) is 5.69 Å². The van der Waals surface area contributed by atoms with E-state index in [0.717, 1.165) is 43.5 Å². The van der Waals surface area contributed by atoms with Crippen molar-refractivity contribution in [3.05, 3.63) is 48.5 Å². The maximum Gasteiger partial charge on any atom is 0.460 e. The van der Waals surface area contributed by atoms with Gasteiger partial charge in [0.1, 0.15) is 0 Å². The lowest BCUT2D eigenvalue weighted by Crippen LogP contribution is -2.49. The highest BCUT2D eigenvalue weighted by molar-refractivity contribution is 8.00. The third kappa shape index (κ3) is 5.56. The zero-order chi connectivity index (χ0) is 24.4. The highest BCUT2D eigenvalue weighted by Gasteiger charge is 2.73. The molecule has 176 valence electrons. The molecule has 2 aromatic rings. The van der Waals surface area contributed by atoms with Gasteiger partial charge in [0.2, 0.25) is 0 Å². The van der Waals surface area contributed by atoms with Crippen LogP contribution in [0.3, 0.4) is 0 Å².